The normalized spacial score (nSPS) is 11.3. The summed E-state index contributed by atoms with van der Waals surface area (Å²) in [5, 5.41) is 0. The van der Waals surface area contributed by atoms with Crippen molar-refractivity contribution in [2.24, 2.45) is 0 Å². The number of rotatable bonds is 15. The number of unbranched alkanes of at least 4 members (excludes halogenated alkanes) is 9. The van der Waals surface area contributed by atoms with Gasteiger partial charge in [-0.3, -0.25) is 0 Å². The molecule has 0 N–H and O–H groups in total. The smallest absolute Gasteiger partial charge is 0.234 e. The van der Waals surface area contributed by atoms with Gasteiger partial charge in [-0.1, -0.05) is 78.6 Å². The van der Waals surface area contributed by atoms with Crippen LogP contribution in [0.2, 0.25) is 0 Å². The fourth-order valence-electron chi connectivity index (χ4n) is 3.27. The highest BCUT2D eigenvalue weighted by molar-refractivity contribution is 4.84. The molecule has 0 aliphatic heterocycles. The minimum Gasteiger partial charge on any atom is -0.234 e. The molecule has 0 aliphatic rings. The summed E-state index contributed by atoms with van der Waals surface area (Å²) in [7, 11) is 0. The first-order valence-corrected chi connectivity index (χ1v) is 10.4. The van der Waals surface area contributed by atoms with Crippen LogP contribution in [0.1, 0.15) is 104 Å². The quantitative estimate of drug-likeness (QED) is 0.274. The van der Waals surface area contributed by atoms with Gasteiger partial charge in [-0.25, -0.2) is 9.13 Å². The summed E-state index contributed by atoms with van der Waals surface area (Å²) in [5.41, 5.74) is 0. The molecule has 1 heterocycles. The van der Waals surface area contributed by atoms with Crippen LogP contribution in [-0.4, -0.2) is 4.57 Å². The van der Waals surface area contributed by atoms with Crippen molar-refractivity contribution in [2.45, 2.75) is 117 Å². The third kappa shape index (κ3) is 8.58. The lowest BCUT2D eigenvalue weighted by Crippen LogP contribution is -2.37. The molecule has 0 spiro atoms. The average molecular weight is 322 g/mol. The summed E-state index contributed by atoms with van der Waals surface area (Å²) in [4.78, 5) is 0. The molecule has 0 aliphatic carbocycles. The lowest BCUT2D eigenvalue weighted by molar-refractivity contribution is -0.704. The highest BCUT2D eigenvalue weighted by Gasteiger charge is 2.15. The minimum atomic E-state index is 1.20. The molecule has 0 unspecified atom stereocenters. The Morgan fingerprint density at radius 2 is 1.35 bits per heavy atom. The standard InChI is InChI=1S/C21H41N2/c1-4-7-10-11-12-13-14-15-16-21-22(17-8-5-2)19-20-23(21)18-9-6-3/h19-20H,4-18H2,1-3H3/q+1. The van der Waals surface area contributed by atoms with Gasteiger partial charge in [0.1, 0.15) is 12.4 Å². The Morgan fingerprint density at radius 1 is 0.739 bits per heavy atom. The van der Waals surface area contributed by atoms with Gasteiger partial charge in [0.2, 0.25) is 0 Å². The van der Waals surface area contributed by atoms with Gasteiger partial charge in [-0.15, -0.1) is 0 Å². The Bertz CT molecular complexity index is 356. The molecule has 0 fully saturated rings. The van der Waals surface area contributed by atoms with Crippen molar-refractivity contribution in [1.82, 2.24) is 4.57 Å². The van der Waals surface area contributed by atoms with E-state index >= 15 is 0 Å². The second kappa shape index (κ2) is 13.6. The number of nitrogens with zero attached hydrogens (tertiary/aromatic N) is 2. The van der Waals surface area contributed by atoms with Crippen LogP contribution in [0.3, 0.4) is 0 Å². The van der Waals surface area contributed by atoms with Crippen LogP contribution < -0.4 is 4.57 Å². The second-order valence-electron chi connectivity index (χ2n) is 7.03. The lowest BCUT2D eigenvalue weighted by Gasteiger charge is -2.05. The molecule has 0 saturated carbocycles. The van der Waals surface area contributed by atoms with Gasteiger partial charge >= 0.3 is 0 Å². The maximum absolute atomic E-state index is 2.51. The molecule has 0 radical (unpaired) electrons. The summed E-state index contributed by atoms with van der Waals surface area (Å²) in [6, 6.07) is 0. The largest absolute Gasteiger partial charge is 0.256 e. The van der Waals surface area contributed by atoms with Gasteiger partial charge in [0.25, 0.3) is 5.82 Å². The van der Waals surface area contributed by atoms with E-state index in [9.17, 15) is 0 Å². The molecule has 0 aromatic carbocycles. The van der Waals surface area contributed by atoms with E-state index in [4.69, 9.17) is 0 Å². The van der Waals surface area contributed by atoms with E-state index in [1.807, 2.05) is 0 Å². The zero-order valence-electron chi connectivity index (χ0n) is 16.2. The highest BCUT2D eigenvalue weighted by atomic mass is 15.1. The van der Waals surface area contributed by atoms with Crippen molar-refractivity contribution < 1.29 is 4.57 Å². The Hall–Kier alpha value is -0.790. The third-order valence-corrected chi connectivity index (χ3v) is 4.85. The fraction of sp³-hybridized carbons (Fsp3) is 0.857. The van der Waals surface area contributed by atoms with E-state index in [0.717, 1.165) is 0 Å². The van der Waals surface area contributed by atoms with Gasteiger partial charge in [0, 0.05) is 6.42 Å². The van der Waals surface area contributed by atoms with Crippen molar-refractivity contribution in [2.75, 3.05) is 0 Å². The highest BCUT2D eigenvalue weighted by Crippen LogP contribution is 2.11. The monoisotopic (exact) mass is 321 g/mol. The predicted molar refractivity (Wildman–Crippen MR) is 101 cm³/mol. The van der Waals surface area contributed by atoms with Crippen LogP contribution in [0, 0.1) is 0 Å². The van der Waals surface area contributed by atoms with E-state index in [2.05, 4.69) is 42.3 Å². The Labute approximate surface area is 145 Å². The van der Waals surface area contributed by atoms with Crippen molar-refractivity contribution in [3.63, 3.8) is 0 Å². The first-order valence-electron chi connectivity index (χ1n) is 10.4. The number of hydrogen-bond acceptors (Lipinski definition) is 0. The maximum atomic E-state index is 2.51. The van der Waals surface area contributed by atoms with Crippen molar-refractivity contribution in [3.8, 4) is 0 Å². The average Bonchev–Trinajstić information content (AvgIpc) is 2.95. The van der Waals surface area contributed by atoms with Crippen LogP contribution >= 0.6 is 0 Å². The molecule has 0 atom stereocenters. The zero-order chi connectivity index (χ0) is 16.8. The summed E-state index contributed by atoms with van der Waals surface area (Å²) in [6.07, 6.45) is 22.3. The van der Waals surface area contributed by atoms with Crippen LogP contribution in [0.5, 0.6) is 0 Å². The molecule has 2 heteroatoms. The number of aromatic nitrogens is 2. The molecule has 0 bridgehead atoms. The van der Waals surface area contributed by atoms with Crippen LogP contribution in [-0.2, 0) is 19.5 Å². The first kappa shape index (κ1) is 20.3. The molecule has 23 heavy (non-hydrogen) atoms. The Morgan fingerprint density at radius 3 is 2.00 bits per heavy atom. The first-order chi connectivity index (χ1) is 11.3. The Kier molecular flexibility index (Phi) is 12.0. The van der Waals surface area contributed by atoms with Gasteiger partial charge < -0.3 is 0 Å². The molecule has 1 aromatic rings. The third-order valence-electron chi connectivity index (χ3n) is 4.85. The number of aryl methyl sites for hydroxylation is 2. The number of imidazole rings is 1. The van der Waals surface area contributed by atoms with Crippen LogP contribution in [0.15, 0.2) is 12.4 Å². The van der Waals surface area contributed by atoms with Gasteiger partial charge in [-0.05, 0) is 19.3 Å². The predicted octanol–water partition coefficient (Wildman–Crippen LogP) is 6.06. The van der Waals surface area contributed by atoms with Crippen molar-refractivity contribution >= 4 is 0 Å². The van der Waals surface area contributed by atoms with E-state index in [1.54, 1.807) is 5.82 Å². The SMILES string of the molecule is CCCCCCCCCCc1n(CCCC)cc[n+]1CCCC. The zero-order valence-corrected chi connectivity index (χ0v) is 16.2. The van der Waals surface area contributed by atoms with E-state index in [-0.39, 0.29) is 0 Å². The van der Waals surface area contributed by atoms with E-state index in [0.29, 0.717) is 0 Å². The van der Waals surface area contributed by atoms with E-state index in [1.165, 1.54) is 96.6 Å². The van der Waals surface area contributed by atoms with Gasteiger partial charge in [-0.2, -0.15) is 0 Å². The number of hydrogen-bond donors (Lipinski definition) is 0. The summed E-state index contributed by atoms with van der Waals surface area (Å²) < 4.78 is 5.03. The molecule has 134 valence electrons. The molecule has 2 nitrogen and oxygen atoms in total. The molecule has 0 saturated heterocycles. The molecule has 0 amide bonds. The van der Waals surface area contributed by atoms with Crippen LogP contribution in [0.25, 0.3) is 0 Å². The molecular weight excluding hydrogens is 280 g/mol. The molecule has 1 rings (SSSR count). The summed E-state index contributed by atoms with van der Waals surface area (Å²) in [5.74, 6) is 1.57. The van der Waals surface area contributed by atoms with Crippen molar-refractivity contribution in [3.05, 3.63) is 18.2 Å². The van der Waals surface area contributed by atoms with Crippen molar-refractivity contribution in [1.29, 1.82) is 0 Å². The maximum Gasteiger partial charge on any atom is 0.256 e. The Balaban J connectivity index is 2.35. The minimum absolute atomic E-state index is 1.20. The fourth-order valence-corrected chi connectivity index (χ4v) is 3.27. The molecular formula is C21H41N2+. The van der Waals surface area contributed by atoms with Crippen LogP contribution in [0.4, 0.5) is 0 Å². The lowest BCUT2D eigenvalue weighted by atomic mass is 10.1. The van der Waals surface area contributed by atoms with E-state index < -0.39 is 0 Å². The second-order valence-corrected chi connectivity index (χ2v) is 7.03. The summed E-state index contributed by atoms with van der Waals surface area (Å²) >= 11 is 0. The summed E-state index contributed by atoms with van der Waals surface area (Å²) in [6.45, 7) is 9.26. The van der Waals surface area contributed by atoms with Gasteiger partial charge in [0.05, 0.1) is 13.1 Å². The molecule has 1 aromatic heterocycles. The topological polar surface area (TPSA) is 8.81 Å². The van der Waals surface area contributed by atoms with Gasteiger partial charge in [0.15, 0.2) is 0 Å².